The summed E-state index contributed by atoms with van der Waals surface area (Å²) in [6.45, 7) is 18.9. The summed E-state index contributed by atoms with van der Waals surface area (Å²) >= 11 is 0. The highest BCUT2D eigenvalue weighted by Gasteiger charge is 2.38. The summed E-state index contributed by atoms with van der Waals surface area (Å²) in [5.74, 6) is 0. The van der Waals surface area contributed by atoms with Gasteiger partial charge in [-0.3, -0.25) is 0 Å². The average molecular weight is 938 g/mol. The summed E-state index contributed by atoms with van der Waals surface area (Å²) in [6, 6.07) is 74.6. The summed E-state index contributed by atoms with van der Waals surface area (Å²) < 4.78 is 2.53. The Balaban J connectivity index is 1.05. The Hall–Kier alpha value is -8.00. The highest BCUT2D eigenvalue weighted by molar-refractivity contribution is 6.19. The van der Waals surface area contributed by atoms with Gasteiger partial charge < -0.3 is 4.57 Å². The van der Waals surface area contributed by atoms with Gasteiger partial charge in [0, 0.05) is 45.2 Å². The molecule has 0 atom stereocenters. The van der Waals surface area contributed by atoms with Crippen LogP contribution in [0.5, 0.6) is 0 Å². The molecule has 0 saturated heterocycles. The molecule has 11 aromatic rings. The molecule has 1 nitrogen and oxygen atoms in total. The summed E-state index contributed by atoms with van der Waals surface area (Å²) in [4.78, 5) is 0. The summed E-state index contributed by atoms with van der Waals surface area (Å²) in [5.41, 5.74) is 33.6. The maximum atomic E-state index is 2.53. The van der Waals surface area contributed by atoms with Gasteiger partial charge in [0.05, 0.1) is 11.0 Å². The molecule has 1 heterocycles. The van der Waals surface area contributed by atoms with E-state index in [1.807, 2.05) is 0 Å². The topological polar surface area (TPSA) is 4.93 Å². The molecular formula is C72H59N. The molecule has 0 N–H and O–H groups in total. The first kappa shape index (κ1) is 43.8. The van der Waals surface area contributed by atoms with Gasteiger partial charge in [0.2, 0.25) is 0 Å². The van der Waals surface area contributed by atoms with Gasteiger partial charge in [-0.05, 0) is 179 Å². The van der Waals surface area contributed by atoms with E-state index in [4.69, 9.17) is 0 Å². The Morgan fingerprint density at radius 2 is 0.589 bits per heavy atom. The Labute approximate surface area is 430 Å². The third-order valence-corrected chi connectivity index (χ3v) is 17.9. The van der Waals surface area contributed by atoms with Gasteiger partial charge in [0.15, 0.2) is 0 Å². The molecular weight excluding hydrogens is 879 g/mol. The van der Waals surface area contributed by atoms with Crippen LogP contribution in [0, 0.1) is 13.8 Å². The van der Waals surface area contributed by atoms with Gasteiger partial charge in [-0.25, -0.2) is 0 Å². The third kappa shape index (κ3) is 6.15. The Bertz CT molecular complexity index is 4200. The number of hydrogen-bond donors (Lipinski definition) is 0. The summed E-state index contributed by atoms with van der Waals surface area (Å²) in [6.07, 6.45) is 0. The molecule has 0 amide bonds. The Kier molecular flexibility index (Phi) is 9.15. The van der Waals surface area contributed by atoms with Crippen molar-refractivity contribution in [2.24, 2.45) is 7.05 Å². The normalized spacial score (nSPS) is 15.0. The molecule has 0 radical (unpaired) electrons. The lowest BCUT2D eigenvalue weighted by Gasteiger charge is -2.23. The van der Waals surface area contributed by atoms with Crippen LogP contribution >= 0.6 is 0 Å². The lowest BCUT2D eigenvalue weighted by molar-refractivity contribution is 0.660. The van der Waals surface area contributed by atoms with Crippen molar-refractivity contribution in [1.29, 1.82) is 0 Å². The van der Waals surface area contributed by atoms with E-state index in [0.717, 1.165) is 0 Å². The molecule has 3 aliphatic rings. The highest BCUT2D eigenvalue weighted by atomic mass is 14.9. The molecule has 14 rings (SSSR count). The second-order valence-corrected chi connectivity index (χ2v) is 23.0. The fourth-order valence-corrected chi connectivity index (χ4v) is 13.9. The molecule has 3 aliphatic carbocycles. The number of benzene rings is 10. The fraction of sp³-hybridized carbons (Fsp3) is 0.167. The van der Waals surface area contributed by atoms with Crippen molar-refractivity contribution in [3.05, 3.63) is 239 Å². The monoisotopic (exact) mass is 937 g/mol. The smallest absolute Gasteiger partial charge is 0.0568 e. The molecule has 73 heavy (non-hydrogen) atoms. The summed E-state index contributed by atoms with van der Waals surface area (Å²) in [5, 5.41) is 2.53. The van der Waals surface area contributed by atoms with Crippen molar-refractivity contribution in [2.75, 3.05) is 0 Å². The largest absolute Gasteiger partial charge is 0.343 e. The van der Waals surface area contributed by atoms with E-state index in [9.17, 15) is 0 Å². The van der Waals surface area contributed by atoms with E-state index in [1.54, 1.807) is 0 Å². The standard InChI is InChI=1S/C72H59N/c1-42-18-10-11-19-50(42)51-30-26-44(34-43(51)2)48-35-58(46-28-32-56-53-21-13-16-24-63(53)71(5,6)66(56)40-46)68-60(37-48)61-38-49(45-27-31-55-52-20-12-15-23-62(52)70(3,4)65(55)39-45)36-59(69(61)73(68)9)47-29-33-57-54-22-14-17-25-64(54)72(7,8)67(57)41-47/h10-41H,1-9H3. The minimum Gasteiger partial charge on any atom is -0.343 e. The van der Waals surface area contributed by atoms with Crippen LogP contribution in [0.1, 0.15) is 86.1 Å². The zero-order valence-electron chi connectivity index (χ0n) is 43.4. The lowest BCUT2D eigenvalue weighted by atomic mass is 9.81. The van der Waals surface area contributed by atoms with Crippen molar-refractivity contribution >= 4 is 21.8 Å². The van der Waals surface area contributed by atoms with Gasteiger partial charge in [0.1, 0.15) is 0 Å². The van der Waals surface area contributed by atoms with Crippen molar-refractivity contribution in [1.82, 2.24) is 4.57 Å². The predicted octanol–water partition coefficient (Wildman–Crippen LogP) is 19.2. The first-order valence-electron chi connectivity index (χ1n) is 26.2. The van der Waals surface area contributed by atoms with Gasteiger partial charge in [-0.15, -0.1) is 0 Å². The number of hydrogen-bond acceptors (Lipinski definition) is 0. The molecule has 352 valence electrons. The number of fused-ring (bicyclic) bond motifs is 12. The van der Waals surface area contributed by atoms with E-state index in [-0.39, 0.29) is 16.2 Å². The van der Waals surface area contributed by atoms with Crippen molar-refractivity contribution in [3.63, 3.8) is 0 Å². The molecule has 0 spiro atoms. The molecule has 1 heteroatoms. The molecule has 0 fully saturated rings. The van der Waals surface area contributed by atoms with Gasteiger partial charge >= 0.3 is 0 Å². The number of rotatable bonds is 5. The van der Waals surface area contributed by atoms with Gasteiger partial charge in [-0.1, -0.05) is 193 Å². The third-order valence-electron chi connectivity index (χ3n) is 17.9. The Morgan fingerprint density at radius 1 is 0.260 bits per heavy atom. The zero-order chi connectivity index (χ0) is 49.9. The van der Waals surface area contributed by atoms with E-state index >= 15 is 0 Å². The van der Waals surface area contributed by atoms with E-state index in [0.29, 0.717) is 0 Å². The predicted molar refractivity (Wildman–Crippen MR) is 310 cm³/mol. The Morgan fingerprint density at radius 3 is 1.01 bits per heavy atom. The van der Waals surface area contributed by atoms with E-state index in [2.05, 4.69) is 261 Å². The molecule has 0 unspecified atom stereocenters. The maximum absolute atomic E-state index is 2.53. The first-order chi connectivity index (χ1) is 35.2. The minimum absolute atomic E-state index is 0.114. The second-order valence-electron chi connectivity index (χ2n) is 23.0. The second kappa shape index (κ2) is 15.3. The quantitative estimate of drug-likeness (QED) is 0.162. The van der Waals surface area contributed by atoms with Crippen LogP contribution in [0.2, 0.25) is 0 Å². The molecule has 0 bridgehead atoms. The van der Waals surface area contributed by atoms with Crippen molar-refractivity contribution < 1.29 is 0 Å². The van der Waals surface area contributed by atoms with Crippen LogP contribution in [-0.2, 0) is 23.3 Å². The molecule has 0 aliphatic heterocycles. The van der Waals surface area contributed by atoms with E-state index in [1.165, 1.54) is 155 Å². The van der Waals surface area contributed by atoms with Crippen LogP contribution in [0.3, 0.4) is 0 Å². The van der Waals surface area contributed by atoms with Crippen LogP contribution in [-0.4, -0.2) is 4.57 Å². The maximum Gasteiger partial charge on any atom is 0.0568 e. The fourth-order valence-electron chi connectivity index (χ4n) is 13.9. The number of aromatic nitrogens is 1. The molecule has 10 aromatic carbocycles. The molecule has 1 aromatic heterocycles. The van der Waals surface area contributed by atoms with Crippen LogP contribution in [0.25, 0.3) is 111 Å². The number of aryl methyl sites for hydroxylation is 3. The number of nitrogens with zero attached hydrogens (tertiary/aromatic N) is 1. The lowest BCUT2D eigenvalue weighted by Crippen LogP contribution is -2.15. The van der Waals surface area contributed by atoms with Crippen LogP contribution < -0.4 is 0 Å². The van der Waals surface area contributed by atoms with Crippen molar-refractivity contribution in [3.8, 4) is 89.0 Å². The van der Waals surface area contributed by atoms with Crippen molar-refractivity contribution in [2.45, 2.75) is 71.6 Å². The summed E-state index contributed by atoms with van der Waals surface area (Å²) in [7, 11) is 2.31. The zero-order valence-corrected chi connectivity index (χ0v) is 43.4. The minimum atomic E-state index is -0.131. The van der Waals surface area contributed by atoms with Crippen LogP contribution in [0.4, 0.5) is 0 Å². The SMILES string of the molecule is Cc1ccccc1-c1ccc(-c2cc(-c3ccc4c(c3)C(C)(C)c3ccccc3-4)c3c(c2)c2cc(-c4ccc5c(c4)C(C)(C)c4ccccc4-5)cc(-c4ccc5c(c4)C(C)(C)c4ccccc4-5)c2n3C)cc1C. The molecule has 0 saturated carbocycles. The van der Waals surface area contributed by atoms with E-state index < -0.39 is 0 Å². The van der Waals surface area contributed by atoms with Gasteiger partial charge in [0.25, 0.3) is 0 Å². The van der Waals surface area contributed by atoms with Gasteiger partial charge in [-0.2, -0.15) is 0 Å². The average Bonchev–Trinajstić information content (AvgIpc) is 4.00. The first-order valence-corrected chi connectivity index (χ1v) is 26.2. The highest BCUT2D eigenvalue weighted by Crippen LogP contribution is 2.54. The van der Waals surface area contributed by atoms with Crippen LogP contribution in [0.15, 0.2) is 194 Å².